The Labute approximate surface area is 131 Å². The van der Waals surface area contributed by atoms with Gasteiger partial charge in [0.25, 0.3) is 5.91 Å². The number of carbonyl (C=O) groups excluding carboxylic acids is 1. The fourth-order valence-electron chi connectivity index (χ4n) is 3.96. The quantitative estimate of drug-likeness (QED) is 0.917. The summed E-state index contributed by atoms with van der Waals surface area (Å²) in [5, 5.41) is 4.29. The number of nitrogens with zero attached hydrogens (tertiary/aromatic N) is 1. The van der Waals surface area contributed by atoms with Crippen molar-refractivity contribution >= 4 is 16.8 Å². The monoisotopic (exact) mass is 294 g/mol. The van der Waals surface area contributed by atoms with Crippen LogP contribution in [0.4, 0.5) is 0 Å². The Morgan fingerprint density at radius 2 is 2.00 bits per heavy atom. The summed E-state index contributed by atoms with van der Waals surface area (Å²) < 4.78 is 0. The van der Waals surface area contributed by atoms with Crippen LogP contribution in [0.2, 0.25) is 0 Å². The highest BCUT2D eigenvalue weighted by Gasteiger charge is 2.26. The molecular weight excluding hydrogens is 272 g/mol. The first-order chi connectivity index (χ1) is 10.7. The minimum Gasteiger partial charge on any atom is -0.349 e. The number of hydrogen-bond donors (Lipinski definition) is 1. The molecule has 22 heavy (non-hydrogen) atoms. The zero-order valence-corrected chi connectivity index (χ0v) is 13.1. The van der Waals surface area contributed by atoms with Crippen LogP contribution in [0.1, 0.15) is 59.3 Å². The summed E-state index contributed by atoms with van der Waals surface area (Å²) in [6.07, 6.45) is 7.81. The number of aryl methyl sites for hydroxylation is 2. The topological polar surface area (TPSA) is 42.0 Å². The highest BCUT2D eigenvalue weighted by atomic mass is 16.1. The molecule has 2 aliphatic rings. The molecule has 1 saturated carbocycles. The molecule has 1 heterocycles. The number of carbonyl (C=O) groups is 1. The first kappa shape index (κ1) is 13.7. The van der Waals surface area contributed by atoms with Crippen LogP contribution in [-0.4, -0.2) is 16.9 Å². The third-order valence-corrected chi connectivity index (χ3v) is 5.08. The van der Waals surface area contributed by atoms with Gasteiger partial charge in [-0.05, 0) is 56.7 Å². The van der Waals surface area contributed by atoms with E-state index in [1.807, 2.05) is 0 Å². The Balaban J connectivity index is 1.83. The first-order valence-electron chi connectivity index (χ1n) is 8.45. The predicted octanol–water partition coefficient (Wildman–Crippen LogP) is 3.70. The van der Waals surface area contributed by atoms with Gasteiger partial charge in [-0.2, -0.15) is 0 Å². The summed E-state index contributed by atoms with van der Waals surface area (Å²) in [4.78, 5) is 17.7. The summed E-state index contributed by atoms with van der Waals surface area (Å²) in [6, 6.07) is 6.60. The second kappa shape index (κ2) is 5.38. The number of pyridine rings is 1. The number of hydrogen-bond acceptors (Lipinski definition) is 2. The van der Waals surface area contributed by atoms with Crippen molar-refractivity contribution < 1.29 is 4.79 Å². The lowest BCUT2D eigenvalue weighted by atomic mass is 9.99. The molecule has 0 saturated heterocycles. The average molecular weight is 294 g/mol. The molecule has 114 valence electrons. The van der Waals surface area contributed by atoms with Gasteiger partial charge in [-0.25, -0.2) is 0 Å². The summed E-state index contributed by atoms with van der Waals surface area (Å²) in [5.74, 6) is 0.114. The molecule has 1 N–H and O–H groups in total. The molecule has 0 spiro atoms. The molecule has 0 atom stereocenters. The van der Waals surface area contributed by atoms with Crippen molar-refractivity contribution in [3.05, 3.63) is 40.6 Å². The molecule has 2 aliphatic carbocycles. The molecule has 0 aliphatic heterocycles. The average Bonchev–Trinajstić information content (AvgIpc) is 3.15. The van der Waals surface area contributed by atoms with E-state index in [0.29, 0.717) is 6.04 Å². The van der Waals surface area contributed by atoms with Crippen molar-refractivity contribution in [2.24, 2.45) is 0 Å². The van der Waals surface area contributed by atoms with Crippen molar-refractivity contribution in [1.29, 1.82) is 0 Å². The number of rotatable bonds is 2. The number of amides is 1. The SMILES string of the molecule is Cc1ccc2nc3c(c(C(=O)NC4CCCC4)c2c1)CCC3. The van der Waals surface area contributed by atoms with E-state index in [-0.39, 0.29) is 5.91 Å². The lowest BCUT2D eigenvalue weighted by molar-refractivity contribution is 0.0938. The first-order valence-corrected chi connectivity index (χ1v) is 8.45. The molecule has 4 rings (SSSR count). The third-order valence-electron chi connectivity index (χ3n) is 5.08. The summed E-state index contributed by atoms with van der Waals surface area (Å²) in [5.41, 5.74) is 5.36. The largest absolute Gasteiger partial charge is 0.349 e. The Morgan fingerprint density at radius 3 is 2.82 bits per heavy atom. The lowest BCUT2D eigenvalue weighted by Crippen LogP contribution is -2.33. The number of aromatic nitrogens is 1. The van der Waals surface area contributed by atoms with Crippen molar-refractivity contribution in [2.75, 3.05) is 0 Å². The minimum atomic E-state index is 0.114. The van der Waals surface area contributed by atoms with Crippen LogP contribution >= 0.6 is 0 Å². The van der Waals surface area contributed by atoms with Gasteiger partial charge >= 0.3 is 0 Å². The highest BCUT2D eigenvalue weighted by Crippen LogP contribution is 2.31. The molecule has 0 unspecified atom stereocenters. The van der Waals surface area contributed by atoms with Crippen molar-refractivity contribution in [3.8, 4) is 0 Å². The van der Waals surface area contributed by atoms with Gasteiger partial charge in [-0.15, -0.1) is 0 Å². The summed E-state index contributed by atoms with van der Waals surface area (Å²) in [7, 11) is 0. The van der Waals surface area contributed by atoms with Gasteiger partial charge in [-0.1, -0.05) is 24.5 Å². The Morgan fingerprint density at radius 1 is 1.18 bits per heavy atom. The van der Waals surface area contributed by atoms with Crippen LogP contribution < -0.4 is 5.32 Å². The van der Waals surface area contributed by atoms with E-state index in [4.69, 9.17) is 4.98 Å². The second-order valence-electron chi connectivity index (χ2n) is 6.74. The lowest BCUT2D eigenvalue weighted by Gasteiger charge is -2.16. The van der Waals surface area contributed by atoms with Gasteiger partial charge in [0.15, 0.2) is 0 Å². The maximum Gasteiger partial charge on any atom is 0.252 e. The van der Waals surface area contributed by atoms with E-state index in [9.17, 15) is 4.79 Å². The van der Waals surface area contributed by atoms with Gasteiger partial charge in [0.1, 0.15) is 0 Å². The van der Waals surface area contributed by atoms with Crippen LogP contribution in [0.3, 0.4) is 0 Å². The molecule has 0 bridgehead atoms. The van der Waals surface area contributed by atoms with Crippen molar-refractivity contribution in [2.45, 2.75) is 57.9 Å². The number of nitrogens with one attached hydrogen (secondary N) is 1. The fourth-order valence-corrected chi connectivity index (χ4v) is 3.96. The maximum atomic E-state index is 12.9. The van der Waals surface area contributed by atoms with Crippen molar-refractivity contribution in [3.63, 3.8) is 0 Å². The van der Waals surface area contributed by atoms with Gasteiger partial charge in [0, 0.05) is 17.1 Å². The van der Waals surface area contributed by atoms with Crippen LogP contribution in [0.5, 0.6) is 0 Å². The van der Waals surface area contributed by atoms with E-state index in [0.717, 1.165) is 54.3 Å². The van der Waals surface area contributed by atoms with E-state index >= 15 is 0 Å². The molecule has 1 aromatic carbocycles. The molecule has 1 fully saturated rings. The second-order valence-corrected chi connectivity index (χ2v) is 6.74. The highest BCUT2D eigenvalue weighted by molar-refractivity contribution is 6.08. The summed E-state index contributed by atoms with van der Waals surface area (Å²) >= 11 is 0. The van der Waals surface area contributed by atoms with Crippen molar-refractivity contribution in [1.82, 2.24) is 10.3 Å². The molecule has 3 nitrogen and oxygen atoms in total. The van der Waals surface area contributed by atoms with E-state index in [2.05, 4.69) is 30.4 Å². The van der Waals surface area contributed by atoms with E-state index < -0.39 is 0 Å². The smallest absolute Gasteiger partial charge is 0.252 e. The fraction of sp³-hybridized carbons (Fsp3) is 0.474. The molecule has 2 aromatic rings. The Hall–Kier alpha value is -1.90. The Bertz CT molecular complexity index is 745. The van der Waals surface area contributed by atoms with Gasteiger partial charge in [-0.3, -0.25) is 9.78 Å². The third kappa shape index (κ3) is 2.29. The number of benzene rings is 1. The zero-order valence-electron chi connectivity index (χ0n) is 13.1. The zero-order chi connectivity index (χ0) is 15.1. The van der Waals surface area contributed by atoms with E-state index in [1.54, 1.807) is 0 Å². The predicted molar refractivity (Wildman–Crippen MR) is 88.2 cm³/mol. The summed E-state index contributed by atoms with van der Waals surface area (Å²) in [6.45, 7) is 2.07. The van der Waals surface area contributed by atoms with Crippen LogP contribution in [0, 0.1) is 6.92 Å². The van der Waals surface area contributed by atoms with Crippen LogP contribution in [0.15, 0.2) is 18.2 Å². The normalized spacial score (nSPS) is 17.9. The minimum absolute atomic E-state index is 0.114. The molecule has 0 radical (unpaired) electrons. The molecular formula is C19H22N2O. The van der Waals surface area contributed by atoms with E-state index in [1.165, 1.54) is 24.0 Å². The standard InChI is InChI=1S/C19H22N2O/c1-12-9-10-17-15(11-12)18(14-7-4-8-16(14)21-17)19(22)20-13-5-2-3-6-13/h9-11,13H,2-8H2,1H3,(H,20,22). The van der Waals surface area contributed by atoms with Gasteiger partial charge < -0.3 is 5.32 Å². The number of fused-ring (bicyclic) bond motifs is 2. The molecule has 3 heteroatoms. The molecule has 1 aromatic heterocycles. The van der Waals surface area contributed by atoms with Gasteiger partial charge in [0.2, 0.25) is 0 Å². The van der Waals surface area contributed by atoms with Crippen LogP contribution in [-0.2, 0) is 12.8 Å². The maximum absolute atomic E-state index is 12.9. The molecule has 1 amide bonds. The van der Waals surface area contributed by atoms with Gasteiger partial charge in [0.05, 0.1) is 11.1 Å². The Kier molecular flexibility index (Phi) is 3.36. The van der Waals surface area contributed by atoms with Crippen LogP contribution in [0.25, 0.3) is 10.9 Å².